The van der Waals surface area contributed by atoms with Crippen molar-refractivity contribution in [2.24, 2.45) is 0 Å². The molecular weight excluding hydrogens is 375 g/mol. The van der Waals surface area contributed by atoms with Crippen LogP contribution in [0.4, 0.5) is 18.9 Å². The van der Waals surface area contributed by atoms with E-state index in [0.717, 1.165) is 22.3 Å². The van der Waals surface area contributed by atoms with E-state index in [1.165, 1.54) is 17.7 Å². The van der Waals surface area contributed by atoms with Gasteiger partial charge in [-0.3, -0.25) is 0 Å². The Bertz CT molecular complexity index is 969. The van der Waals surface area contributed by atoms with Crippen molar-refractivity contribution in [2.75, 3.05) is 5.73 Å². The van der Waals surface area contributed by atoms with Crippen LogP contribution in [0, 0.1) is 0 Å². The van der Waals surface area contributed by atoms with Gasteiger partial charge >= 0.3 is 6.36 Å². The molecule has 0 fully saturated rings. The van der Waals surface area contributed by atoms with Gasteiger partial charge in [0.1, 0.15) is 5.75 Å². The topological polar surface area (TPSA) is 35.2 Å². The zero-order valence-corrected chi connectivity index (χ0v) is 16.7. The number of rotatable bonds is 4. The summed E-state index contributed by atoms with van der Waals surface area (Å²) < 4.78 is 40.9. The molecule has 0 atom stereocenters. The molecule has 29 heavy (non-hydrogen) atoms. The molecule has 0 saturated heterocycles. The normalized spacial score (nSPS) is 12.1. The fraction of sp³-hybridized carbons (Fsp3) is 0.250. The van der Waals surface area contributed by atoms with Crippen LogP contribution in [0.25, 0.3) is 11.1 Å². The van der Waals surface area contributed by atoms with Crippen LogP contribution in [0.5, 0.6) is 5.75 Å². The van der Waals surface area contributed by atoms with Gasteiger partial charge < -0.3 is 10.5 Å². The number of nitrogen functional groups attached to an aromatic ring is 1. The van der Waals surface area contributed by atoms with E-state index in [1.54, 1.807) is 12.1 Å². The van der Waals surface area contributed by atoms with E-state index in [9.17, 15) is 13.2 Å². The molecule has 2 nitrogen and oxygen atoms in total. The summed E-state index contributed by atoms with van der Waals surface area (Å²) in [5.41, 5.74) is 12.0. The minimum Gasteiger partial charge on any atom is -0.406 e. The number of benzene rings is 3. The van der Waals surface area contributed by atoms with Crippen LogP contribution in [-0.2, 0) is 11.8 Å². The van der Waals surface area contributed by atoms with E-state index >= 15 is 0 Å². The lowest BCUT2D eigenvalue weighted by molar-refractivity contribution is -0.274. The number of nitrogens with two attached hydrogens (primary N) is 1. The van der Waals surface area contributed by atoms with Gasteiger partial charge in [0.2, 0.25) is 0 Å². The third-order valence-electron chi connectivity index (χ3n) is 4.81. The molecule has 0 heterocycles. The van der Waals surface area contributed by atoms with Gasteiger partial charge in [0, 0.05) is 11.3 Å². The molecule has 0 spiro atoms. The molecule has 0 saturated carbocycles. The summed E-state index contributed by atoms with van der Waals surface area (Å²) in [6.45, 7) is 6.53. The fourth-order valence-corrected chi connectivity index (χ4v) is 3.20. The Morgan fingerprint density at radius 3 is 2.00 bits per heavy atom. The average Bonchev–Trinajstić information content (AvgIpc) is 2.63. The second kappa shape index (κ2) is 7.82. The lowest BCUT2D eigenvalue weighted by Crippen LogP contribution is -2.16. The monoisotopic (exact) mass is 399 g/mol. The maximum atomic E-state index is 12.3. The summed E-state index contributed by atoms with van der Waals surface area (Å²) in [5, 5.41) is 0. The van der Waals surface area contributed by atoms with Crippen molar-refractivity contribution in [1.82, 2.24) is 0 Å². The van der Waals surface area contributed by atoms with Crippen molar-refractivity contribution in [2.45, 2.75) is 39.0 Å². The standard InChI is InChI=1S/C24H24F3NO/c1-23(2,3)19-11-7-16(8-12-19)15-18-5-4-6-21(22(18)28)17-9-13-20(14-10-17)29-24(25,26)27/h4-14H,15,28H2,1-3H3. The first-order chi connectivity index (χ1) is 13.5. The van der Waals surface area contributed by atoms with Crippen molar-refractivity contribution >= 4 is 5.69 Å². The Morgan fingerprint density at radius 1 is 0.828 bits per heavy atom. The Labute approximate surface area is 169 Å². The van der Waals surface area contributed by atoms with Crippen molar-refractivity contribution in [3.05, 3.63) is 83.4 Å². The Kier molecular flexibility index (Phi) is 5.60. The molecule has 0 aliphatic rings. The van der Waals surface area contributed by atoms with Crippen molar-refractivity contribution in [1.29, 1.82) is 0 Å². The zero-order valence-electron chi connectivity index (χ0n) is 16.7. The molecule has 0 amide bonds. The second-order valence-electron chi connectivity index (χ2n) is 8.07. The number of anilines is 1. The summed E-state index contributed by atoms with van der Waals surface area (Å²) in [4.78, 5) is 0. The molecule has 0 unspecified atom stereocenters. The molecule has 3 aromatic rings. The largest absolute Gasteiger partial charge is 0.573 e. The molecule has 3 aromatic carbocycles. The van der Waals surface area contributed by atoms with E-state index in [4.69, 9.17) is 5.73 Å². The van der Waals surface area contributed by atoms with Crippen molar-refractivity contribution in [3.63, 3.8) is 0 Å². The molecule has 2 N–H and O–H groups in total. The zero-order chi connectivity index (χ0) is 21.2. The molecule has 0 aliphatic carbocycles. The van der Waals surface area contributed by atoms with E-state index < -0.39 is 6.36 Å². The number of halogens is 3. The number of alkyl halides is 3. The SMILES string of the molecule is CC(C)(C)c1ccc(Cc2cccc(-c3ccc(OC(F)(F)F)cc3)c2N)cc1. The maximum Gasteiger partial charge on any atom is 0.573 e. The molecule has 0 aromatic heterocycles. The van der Waals surface area contributed by atoms with Crippen molar-refractivity contribution < 1.29 is 17.9 Å². The van der Waals surface area contributed by atoms with Crippen LogP contribution in [-0.4, -0.2) is 6.36 Å². The number of hydrogen-bond acceptors (Lipinski definition) is 2. The van der Waals surface area contributed by atoms with Crippen LogP contribution < -0.4 is 10.5 Å². The van der Waals surface area contributed by atoms with E-state index in [0.29, 0.717) is 12.1 Å². The van der Waals surface area contributed by atoms with Crippen LogP contribution in [0.2, 0.25) is 0 Å². The van der Waals surface area contributed by atoms with E-state index in [-0.39, 0.29) is 11.2 Å². The van der Waals surface area contributed by atoms with Gasteiger partial charge in [-0.15, -0.1) is 13.2 Å². The summed E-state index contributed by atoms with van der Waals surface area (Å²) in [5.74, 6) is -0.255. The van der Waals surface area contributed by atoms with Crippen LogP contribution >= 0.6 is 0 Å². The molecule has 3 rings (SSSR count). The van der Waals surface area contributed by atoms with Crippen LogP contribution in [0.3, 0.4) is 0 Å². The predicted molar refractivity (Wildman–Crippen MR) is 111 cm³/mol. The summed E-state index contributed by atoms with van der Waals surface area (Å²) >= 11 is 0. The highest BCUT2D eigenvalue weighted by Gasteiger charge is 2.31. The van der Waals surface area contributed by atoms with E-state index in [2.05, 4.69) is 49.8 Å². The molecular formula is C24H24F3NO. The summed E-state index contributed by atoms with van der Waals surface area (Å²) in [6, 6.07) is 20.0. The molecule has 0 aliphatic heterocycles. The van der Waals surface area contributed by atoms with Gasteiger partial charge in [0.05, 0.1) is 0 Å². The molecule has 152 valence electrons. The second-order valence-corrected chi connectivity index (χ2v) is 8.07. The number of ether oxygens (including phenoxy) is 1. The average molecular weight is 399 g/mol. The summed E-state index contributed by atoms with van der Waals surface area (Å²) in [6.07, 6.45) is -4.03. The van der Waals surface area contributed by atoms with Gasteiger partial charge in [-0.25, -0.2) is 0 Å². The highest BCUT2D eigenvalue weighted by Crippen LogP contribution is 2.32. The Balaban J connectivity index is 1.83. The van der Waals surface area contributed by atoms with Gasteiger partial charge in [-0.2, -0.15) is 0 Å². The third-order valence-corrected chi connectivity index (χ3v) is 4.81. The van der Waals surface area contributed by atoms with Crippen LogP contribution in [0.15, 0.2) is 66.7 Å². The van der Waals surface area contributed by atoms with Crippen LogP contribution in [0.1, 0.15) is 37.5 Å². The molecule has 0 bridgehead atoms. The van der Waals surface area contributed by atoms with Gasteiger partial charge in [-0.1, -0.05) is 75.4 Å². The van der Waals surface area contributed by atoms with Gasteiger partial charge in [-0.05, 0) is 46.2 Å². The Morgan fingerprint density at radius 2 is 1.45 bits per heavy atom. The lowest BCUT2D eigenvalue weighted by Gasteiger charge is -2.19. The fourth-order valence-electron chi connectivity index (χ4n) is 3.20. The predicted octanol–water partition coefficient (Wildman–Crippen LogP) is 6.72. The first kappa shape index (κ1) is 20.8. The molecule has 5 heteroatoms. The third kappa shape index (κ3) is 5.31. The first-order valence-corrected chi connectivity index (χ1v) is 9.36. The first-order valence-electron chi connectivity index (χ1n) is 9.36. The van der Waals surface area contributed by atoms with E-state index in [1.807, 2.05) is 18.2 Å². The van der Waals surface area contributed by atoms with Gasteiger partial charge in [0.25, 0.3) is 0 Å². The summed E-state index contributed by atoms with van der Waals surface area (Å²) in [7, 11) is 0. The quantitative estimate of drug-likeness (QED) is 0.494. The molecule has 0 radical (unpaired) electrons. The maximum absolute atomic E-state index is 12.3. The minimum absolute atomic E-state index is 0.0967. The number of para-hydroxylation sites is 1. The lowest BCUT2D eigenvalue weighted by atomic mass is 9.86. The minimum atomic E-state index is -4.71. The highest BCUT2D eigenvalue weighted by molar-refractivity contribution is 5.79. The number of hydrogen-bond donors (Lipinski definition) is 1. The van der Waals surface area contributed by atoms with Gasteiger partial charge in [0.15, 0.2) is 0 Å². The smallest absolute Gasteiger partial charge is 0.406 e. The van der Waals surface area contributed by atoms with Crippen molar-refractivity contribution in [3.8, 4) is 16.9 Å². The highest BCUT2D eigenvalue weighted by atomic mass is 19.4. The Hall–Kier alpha value is -2.95.